The van der Waals surface area contributed by atoms with Gasteiger partial charge in [-0.25, -0.2) is 18.9 Å². The molecule has 1 aliphatic rings. The molecule has 0 bridgehead atoms. The molecule has 0 spiro atoms. The number of hydrogen-bond donors (Lipinski definition) is 3. The maximum Gasteiger partial charge on any atom is 0.278 e. The predicted octanol–water partition coefficient (Wildman–Crippen LogP) is 4.06. The van der Waals surface area contributed by atoms with Crippen LogP contribution in [0.15, 0.2) is 24.4 Å². The maximum absolute atomic E-state index is 12.4. The molecule has 1 fully saturated rings. The van der Waals surface area contributed by atoms with Crippen LogP contribution in [0.25, 0.3) is 0 Å². The van der Waals surface area contributed by atoms with Crippen molar-refractivity contribution in [2.75, 3.05) is 22.9 Å². The minimum atomic E-state index is -3.54. The summed E-state index contributed by atoms with van der Waals surface area (Å²) in [7, 11) is -3.54. The number of hydroxylamine groups is 1. The van der Waals surface area contributed by atoms with Gasteiger partial charge in [0.15, 0.2) is 0 Å². The molecule has 8 nitrogen and oxygen atoms in total. The predicted molar refractivity (Wildman–Crippen MR) is 114 cm³/mol. The number of halogens is 2. The lowest BCUT2D eigenvalue weighted by molar-refractivity contribution is 0.0365. The van der Waals surface area contributed by atoms with Gasteiger partial charge in [-0.1, -0.05) is 23.2 Å². The average Bonchev–Trinajstić information content (AvgIpc) is 3.46. The summed E-state index contributed by atoms with van der Waals surface area (Å²) in [5, 5.41) is 3.70. The van der Waals surface area contributed by atoms with E-state index in [4.69, 9.17) is 28.0 Å². The average molecular weight is 459 g/mol. The van der Waals surface area contributed by atoms with Gasteiger partial charge in [-0.3, -0.25) is 14.4 Å². The second-order valence-corrected chi connectivity index (χ2v) is 9.15. The Hall–Kier alpha value is -2.07. The Morgan fingerprint density at radius 3 is 2.55 bits per heavy atom. The van der Waals surface area contributed by atoms with Crippen molar-refractivity contribution >= 4 is 56.2 Å². The standard InChI is InChI=1S/C18H20Cl2N4O4S/c1-3-28-23-18(25)12-9-21-17(20)8-14(12)22-15-7-13(19)11(10-4-5-10)6-16(15)24-29(2,26)27/h6-10,24H,3-5H2,1-2H3,(H,21,22)(H,23,25). The number of pyridine rings is 1. The van der Waals surface area contributed by atoms with E-state index in [0.29, 0.717) is 28.0 Å². The second-order valence-electron chi connectivity index (χ2n) is 6.61. The van der Waals surface area contributed by atoms with Crippen LogP contribution in [-0.4, -0.2) is 32.2 Å². The van der Waals surface area contributed by atoms with Crippen molar-refractivity contribution in [3.63, 3.8) is 0 Å². The zero-order valence-electron chi connectivity index (χ0n) is 15.8. The van der Waals surface area contributed by atoms with Crippen LogP contribution in [0.2, 0.25) is 10.2 Å². The van der Waals surface area contributed by atoms with Gasteiger partial charge in [0.25, 0.3) is 5.91 Å². The fourth-order valence-electron chi connectivity index (χ4n) is 2.74. The molecule has 0 atom stereocenters. The quantitative estimate of drug-likeness (QED) is 0.406. The van der Waals surface area contributed by atoms with Gasteiger partial charge in [-0.15, -0.1) is 0 Å². The molecule has 29 heavy (non-hydrogen) atoms. The molecule has 1 aromatic carbocycles. The monoisotopic (exact) mass is 458 g/mol. The highest BCUT2D eigenvalue weighted by Crippen LogP contribution is 2.46. The molecule has 2 aromatic rings. The third-order valence-corrected chi connectivity index (χ3v) is 5.27. The van der Waals surface area contributed by atoms with Gasteiger partial charge >= 0.3 is 0 Å². The first-order valence-corrected chi connectivity index (χ1v) is 11.5. The minimum absolute atomic E-state index is 0.152. The topological polar surface area (TPSA) is 109 Å². The highest BCUT2D eigenvalue weighted by molar-refractivity contribution is 7.92. The van der Waals surface area contributed by atoms with Gasteiger partial charge in [0.05, 0.1) is 35.5 Å². The first-order chi connectivity index (χ1) is 13.7. The Labute approximate surface area is 179 Å². The zero-order chi connectivity index (χ0) is 21.2. The van der Waals surface area contributed by atoms with Crippen molar-refractivity contribution in [3.8, 4) is 0 Å². The summed E-state index contributed by atoms with van der Waals surface area (Å²) in [6.07, 6.45) is 4.37. The van der Waals surface area contributed by atoms with Gasteiger partial charge < -0.3 is 5.32 Å². The molecule has 0 radical (unpaired) electrons. The summed E-state index contributed by atoms with van der Waals surface area (Å²) in [4.78, 5) is 21.2. The number of nitrogens with one attached hydrogen (secondary N) is 3. The number of hydrogen-bond acceptors (Lipinski definition) is 6. The number of benzene rings is 1. The van der Waals surface area contributed by atoms with Crippen LogP contribution in [0.5, 0.6) is 0 Å². The molecule has 156 valence electrons. The Kier molecular flexibility index (Phi) is 6.52. The van der Waals surface area contributed by atoms with E-state index in [9.17, 15) is 13.2 Å². The maximum atomic E-state index is 12.4. The van der Waals surface area contributed by atoms with Crippen molar-refractivity contribution in [3.05, 3.63) is 45.7 Å². The third kappa shape index (κ3) is 5.72. The Morgan fingerprint density at radius 2 is 1.93 bits per heavy atom. The fraction of sp³-hybridized carbons (Fsp3) is 0.333. The summed E-state index contributed by atoms with van der Waals surface area (Å²) in [5.41, 5.74) is 4.34. The minimum Gasteiger partial charge on any atom is -0.353 e. The summed E-state index contributed by atoms with van der Waals surface area (Å²) in [6, 6.07) is 4.79. The third-order valence-electron chi connectivity index (χ3n) is 4.14. The molecular weight excluding hydrogens is 439 g/mol. The van der Waals surface area contributed by atoms with Gasteiger partial charge in [0, 0.05) is 11.2 Å². The smallest absolute Gasteiger partial charge is 0.278 e. The van der Waals surface area contributed by atoms with E-state index >= 15 is 0 Å². The number of carbonyl (C=O) groups is 1. The van der Waals surface area contributed by atoms with E-state index in [-0.39, 0.29) is 17.3 Å². The van der Waals surface area contributed by atoms with Gasteiger partial charge in [0.2, 0.25) is 10.0 Å². The fourth-order valence-corrected chi connectivity index (χ4v) is 3.78. The van der Waals surface area contributed by atoms with Crippen LogP contribution in [-0.2, 0) is 14.9 Å². The van der Waals surface area contributed by atoms with E-state index in [0.717, 1.165) is 24.7 Å². The summed E-state index contributed by atoms with van der Waals surface area (Å²) >= 11 is 12.4. The number of nitrogens with zero attached hydrogens (tertiary/aromatic N) is 1. The van der Waals surface area contributed by atoms with Crippen LogP contribution in [0.4, 0.5) is 17.1 Å². The Morgan fingerprint density at radius 1 is 1.21 bits per heavy atom. The highest BCUT2D eigenvalue weighted by Gasteiger charge is 2.27. The Balaban J connectivity index is 2.02. The van der Waals surface area contributed by atoms with Crippen molar-refractivity contribution in [2.24, 2.45) is 0 Å². The van der Waals surface area contributed by atoms with Crippen LogP contribution in [0, 0.1) is 0 Å². The molecule has 11 heteroatoms. The van der Waals surface area contributed by atoms with Crippen LogP contribution in [0.3, 0.4) is 0 Å². The van der Waals surface area contributed by atoms with Crippen molar-refractivity contribution in [2.45, 2.75) is 25.7 Å². The summed E-state index contributed by atoms with van der Waals surface area (Å²) in [5.74, 6) is -0.212. The SMILES string of the molecule is CCONC(=O)c1cnc(Cl)cc1Nc1cc(Cl)c(C2CC2)cc1NS(C)(=O)=O. The first kappa shape index (κ1) is 21.6. The lowest BCUT2D eigenvalue weighted by atomic mass is 10.1. The van der Waals surface area contributed by atoms with Crippen molar-refractivity contribution < 1.29 is 18.0 Å². The molecule has 1 saturated carbocycles. The number of sulfonamides is 1. The number of anilines is 3. The lowest BCUT2D eigenvalue weighted by Crippen LogP contribution is -2.24. The largest absolute Gasteiger partial charge is 0.353 e. The molecule has 0 saturated heterocycles. The van der Waals surface area contributed by atoms with E-state index in [1.165, 1.54) is 12.3 Å². The van der Waals surface area contributed by atoms with E-state index < -0.39 is 15.9 Å². The zero-order valence-corrected chi connectivity index (χ0v) is 18.1. The first-order valence-electron chi connectivity index (χ1n) is 8.84. The number of aromatic nitrogens is 1. The molecule has 1 amide bonds. The van der Waals surface area contributed by atoms with Crippen molar-refractivity contribution in [1.82, 2.24) is 10.5 Å². The van der Waals surface area contributed by atoms with Crippen molar-refractivity contribution in [1.29, 1.82) is 0 Å². The molecule has 0 aliphatic heterocycles. The molecule has 1 heterocycles. The van der Waals surface area contributed by atoms with Crippen LogP contribution in [0.1, 0.15) is 41.6 Å². The second kappa shape index (κ2) is 8.74. The highest BCUT2D eigenvalue weighted by atomic mass is 35.5. The van der Waals surface area contributed by atoms with Crippen LogP contribution < -0.4 is 15.5 Å². The molecule has 1 aromatic heterocycles. The molecule has 3 N–H and O–H groups in total. The molecule has 3 rings (SSSR count). The van der Waals surface area contributed by atoms with Gasteiger partial charge in [0.1, 0.15) is 5.15 Å². The lowest BCUT2D eigenvalue weighted by Gasteiger charge is -2.18. The van der Waals surface area contributed by atoms with Gasteiger partial charge in [-0.05, 0) is 49.4 Å². The van der Waals surface area contributed by atoms with E-state index in [2.05, 4.69) is 20.5 Å². The number of rotatable bonds is 8. The van der Waals surface area contributed by atoms with E-state index in [1.807, 2.05) is 0 Å². The van der Waals surface area contributed by atoms with E-state index in [1.54, 1.807) is 19.1 Å². The molecule has 1 aliphatic carbocycles. The molecular formula is C18H20Cl2N4O4S. The molecule has 0 unspecified atom stereocenters. The Bertz CT molecular complexity index is 1040. The number of carbonyl (C=O) groups excluding carboxylic acids is 1. The summed E-state index contributed by atoms with van der Waals surface area (Å²) < 4.78 is 26.2. The number of amides is 1. The van der Waals surface area contributed by atoms with Gasteiger partial charge in [-0.2, -0.15) is 0 Å². The normalized spacial score (nSPS) is 13.8. The summed E-state index contributed by atoms with van der Waals surface area (Å²) in [6.45, 7) is 2.02. The van der Waals surface area contributed by atoms with Crippen LogP contribution >= 0.6 is 23.2 Å².